The molecule has 1 atom stereocenters. The maximum Gasteiger partial charge on any atom is 0.321 e. The van der Waals surface area contributed by atoms with Gasteiger partial charge in [0.15, 0.2) is 0 Å². The Kier molecular flexibility index (Phi) is 7.78. The number of urea groups is 1. The number of rotatable bonds is 9. The highest BCUT2D eigenvalue weighted by Crippen LogP contribution is 2.23. The normalized spacial score (nSPS) is 16.9. The predicted octanol–water partition coefficient (Wildman–Crippen LogP) is 2.42. The van der Waals surface area contributed by atoms with E-state index in [1.54, 1.807) is 6.20 Å². The van der Waals surface area contributed by atoms with E-state index in [9.17, 15) is 14.4 Å². The molecule has 2 aromatic rings. The summed E-state index contributed by atoms with van der Waals surface area (Å²) >= 11 is 3.44. The molecule has 180 valence electrons. The maximum atomic E-state index is 12.3. The number of aromatic nitrogens is 2. The zero-order chi connectivity index (χ0) is 23.9. The van der Waals surface area contributed by atoms with Gasteiger partial charge in [0.25, 0.3) is 0 Å². The predicted molar refractivity (Wildman–Crippen MR) is 132 cm³/mol. The molecule has 5 N–H and O–H groups in total. The van der Waals surface area contributed by atoms with Gasteiger partial charge in [0.05, 0.1) is 10.9 Å². The lowest BCUT2D eigenvalue weighted by molar-refractivity contribution is -0.137. The van der Waals surface area contributed by atoms with Crippen molar-refractivity contribution < 1.29 is 14.4 Å². The van der Waals surface area contributed by atoms with Crippen LogP contribution in [0.4, 0.5) is 27.9 Å². The molecule has 2 aliphatic heterocycles. The molecule has 12 heteroatoms. The highest BCUT2D eigenvalue weighted by molar-refractivity contribution is 9.10. The summed E-state index contributed by atoms with van der Waals surface area (Å²) in [4.78, 5) is 45.7. The number of carbonyl (C=O) groups is 3. The van der Waals surface area contributed by atoms with Crippen molar-refractivity contribution in [1.29, 1.82) is 0 Å². The van der Waals surface area contributed by atoms with E-state index in [0.29, 0.717) is 41.4 Å². The van der Waals surface area contributed by atoms with E-state index < -0.39 is 6.04 Å². The van der Waals surface area contributed by atoms with Crippen LogP contribution in [0.3, 0.4) is 0 Å². The van der Waals surface area contributed by atoms with Gasteiger partial charge >= 0.3 is 6.03 Å². The van der Waals surface area contributed by atoms with E-state index in [-0.39, 0.29) is 24.3 Å². The smallest absolute Gasteiger partial charge is 0.321 e. The first kappa shape index (κ1) is 23.7. The third-order valence-electron chi connectivity index (χ3n) is 5.49. The van der Waals surface area contributed by atoms with Gasteiger partial charge in [-0.15, -0.1) is 0 Å². The number of β-lactam (4-membered cyclic amide) rings is 1. The SMILES string of the molecule is O=C1C[C@@H](C(=O)NCCCNc2nc(Nc3cccc(NC(=O)N4CCCC4)c3)ncc2Br)N1. The quantitative estimate of drug-likeness (QED) is 0.247. The van der Waals surface area contributed by atoms with Crippen molar-refractivity contribution in [2.45, 2.75) is 31.7 Å². The van der Waals surface area contributed by atoms with E-state index >= 15 is 0 Å². The van der Waals surface area contributed by atoms with E-state index in [1.807, 2.05) is 29.2 Å². The van der Waals surface area contributed by atoms with Crippen molar-refractivity contribution in [1.82, 2.24) is 25.5 Å². The Labute approximate surface area is 205 Å². The Bertz CT molecular complexity index is 1050. The summed E-state index contributed by atoms with van der Waals surface area (Å²) in [6.07, 6.45) is 4.67. The molecule has 0 spiro atoms. The topological polar surface area (TPSA) is 140 Å². The second kappa shape index (κ2) is 11.1. The van der Waals surface area contributed by atoms with Crippen LogP contribution >= 0.6 is 15.9 Å². The van der Waals surface area contributed by atoms with E-state index in [4.69, 9.17) is 0 Å². The van der Waals surface area contributed by atoms with Crippen LogP contribution < -0.4 is 26.6 Å². The van der Waals surface area contributed by atoms with Gasteiger partial charge in [-0.2, -0.15) is 4.98 Å². The molecule has 2 saturated heterocycles. The minimum Gasteiger partial charge on any atom is -0.369 e. The largest absolute Gasteiger partial charge is 0.369 e. The van der Waals surface area contributed by atoms with Gasteiger partial charge < -0.3 is 31.5 Å². The van der Waals surface area contributed by atoms with Gasteiger partial charge in [-0.25, -0.2) is 9.78 Å². The Morgan fingerprint density at radius 1 is 1.18 bits per heavy atom. The van der Waals surface area contributed by atoms with Gasteiger partial charge in [0, 0.05) is 43.8 Å². The van der Waals surface area contributed by atoms with Crippen LogP contribution in [0, 0.1) is 0 Å². The molecule has 0 aliphatic carbocycles. The number of nitrogens with one attached hydrogen (secondary N) is 5. The Morgan fingerprint density at radius 3 is 2.71 bits per heavy atom. The molecule has 11 nitrogen and oxygen atoms in total. The Hall–Kier alpha value is -3.41. The molecule has 34 heavy (non-hydrogen) atoms. The van der Waals surface area contributed by atoms with Crippen LogP contribution in [0.1, 0.15) is 25.7 Å². The number of benzene rings is 1. The highest BCUT2D eigenvalue weighted by atomic mass is 79.9. The van der Waals surface area contributed by atoms with Crippen LogP contribution in [0.2, 0.25) is 0 Å². The number of anilines is 4. The number of carbonyl (C=O) groups excluding carboxylic acids is 3. The molecule has 0 radical (unpaired) electrons. The van der Waals surface area contributed by atoms with E-state index in [1.165, 1.54) is 0 Å². The minimum atomic E-state index is -0.405. The van der Waals surface area contributed by atoms with Crippen LogP contribution in [0.25, 0.3) is 0 Å². The molecule has 0 unspecified atom stereocenters. The van der Waals surface area contributed by atoms with E-state index in [0.717, 1.165) is 31.6 Å². The molecule has 0 saturated carbocycles. The highest BCUT2D eigenvalue weighted by Gasteiger charge is 2.31. The number of halogens is 1. The second-order valence-electron chi connectivity index (χ2n) is 8.12. The number of nitrogens with zero attached hydrogens (tertiary/aromatic N) is 3. The summed E-state index contributed by atoms with van der Waals surface area (Å²) in [7, 11) is 0. The number of likely N-dealkylation sites (tertiary alicyclic amines) is 1. The molecule has 2 aliphatic rings. The zero-order valence-corrected chi connectivity index (χ0v) is 20.2. The Morgan fingerprint density at radius 2 is 1.94 bits per heavy atom. The third kappa shape index (κ3) is 6.34. The van der Waals surface area contributed by atoms with Crippen molar-refractivity contribution in [2.24, 2.45) is 0 Å². The fraction of sp³-hybridized carbons (Fsp3) is 0.409. The lowest BCUT2D eigenvalue weighted by Gasteiger charge is -2.25. The Balaban J connectivity index is 1.26. The summed E-state index contributed by atoms with van der Waals surface area (Å²) < 4.78 is 0.714. The van der Waals surface area contributed by atoms with Crippen LogP contribution in [0.15, 0.2) is 34.9 Å². The molecule has 4 rings (SSSR count). The number of amides is 4. The molecule has 0 bridgehead atoms. The van der Waals surface area contributed by atoms with Crippen molar-refractivity contribution in [3.8, 4) is 0 Å². The van der Waals surface area contributed by atoms with Gasteiger partial charge in [0.2, 0.25) is 17.8 Å². The molecule has 4 amide bonds. The van der Waals surface area contributed by atoms with Crippen molar-refractivity contribution in [2.75, 3.05) is 42.1 Å². The zero-order valence-electron chi connectivity index (χ0n) is 18.6. The van der Waals surface area contributed by atoms with Crippen LogP contribution in [0.5, 0.6) is 0 Å². The lowest BCUT2D eigenvalue weighted by Crippen LogP contribution is -2.57. The minimum absolute atomic E-state index is 0.0883. The third-order valence-corrected chi connectivity index (χ3v) is 6.07. The number of hydrogen-bond donors (Lipinski definition) is 5. The van der Waals surface area contributed by atoms with E-state index in [2.05, 4.69) is 52.5 Å². The maximum absolute atomic E-state index is 12.3. The summed E-state index contributed by atoms with van der Waals surface area (Å²) in [5.41, 5.74) is 1.44. The fourth-order valence-corrected chi connectivity index (χ4v) is 3.96. The van der Waals surface area contributed by atoms with Crippen LogP contribution in [-0.4, -0.2) is 64.9 Å². The standard InChI is InChI=1S/C22H27BrN8O3/c23-16-13-26-21(30-19(16)24-7-4-8-25-20(33)17-12-18(32)29-17)27-14-5-3-6-15(11-14)28-22(34)31-9-1-2-10-31/h3,5-6,11,13,17H,1-2,4,7-10,12H2,(H,25,33)(H,28,34)(H,29,32)(H2,24,26,27,30)/t17-/m0/s1. The molecular weight excluding hydrogens is 504 g/mol. The second-order valence-corrected chi connectivity index (χ2v) is 8.97. The van der Waals surface area contributed by atoms with Gasteiger partial charge in [0.1, 0.15) is 11.9 Å². The van der Waals surface area contributed by atoms with Gasteiger partial charge in [-0.1, -0.05) is 6.07 Å². The average molecular weight is 531 g/mol. The van der Waals surface area contributed by atoms with Crippen molar-refractivity contribution in [3.63, 3.8) is 0 Å². The molecule has 2 fully saturated rings. The lowest BCUT2D eigenvalue weighted by atomic mass is 10.1. The van der Waals surface area contributed by atoms with Crippen molar-refractivity contribution >= 4 is 56.9 Å². The monoisotopic (exact) mass is 530 g/mol. The van der Waals surface area contributed by atoms with Crippen LogP contribution in [-0.2, 0) is 9.59 Å². The fourth-order valence-electron chi connectivity index (χ4n) is 3.62. The molecule has 3 heterocycles. The van der Waals surface area contributed by atoms with Gasteiger partial charge in [-0.05, 0) is 53.4 Å². The first-order chi connectivity index (χ1) is 16.5. The molecular formula is C22H27BrN8O3. The average Bonchev–Trinajstić information content (AvgIpc) is 3.34. The first-order valence-electron chi connectivity index (χ1n) is 11.2. The number of hydrogen-bond acceptors (Lipinski definition) is 7. The summed E-state index contributed by atoms with van der Waals surface area (Å²) in [6, 6.07) is 6.90. The summed E-state index contributed by atoms with van der Waals surface area (Å²) in [5.74, 6) is 0.767. The molecule has 1 aromatic heterocycles. The summed E-state index contributed by atoms with van der Waals surface area (Å²) in [6.45, 7) is 2.65. The molecule has 1 aromatic carbocycles. The van der Waals surface area contributed by atoms with Crippen molar-refractivity contribution in [3.05, 3.63) is 34.9 Å². The summed E-state index contributed by atoms with van der Waals surface area (Å²) in [5, 5.41) is 14.7. The first-order valence-corrected chi connectivity index (χ1v) is 12.0. The van der Waals surface area contributed by atoms with Gasteiger partial charge in [-0.3, -0.25) is 9.59 Å².